The summed E-state index contributed by atoms with van der Waals surface area (Å²) in [6.07, 6.45) is 3.94. The monoisotopic (exact) mass is 284 g/mol. The van der Waals surface area contributed by atoms with Gasteiger partial charge in [-0.25, -0.2) is 9.97 Å². The number of rotatable bonds is 4. The summed E-state index contributed by atoms with van der Waals surface area (Å²) in [5.74, 6) is 2.07. The van der Waals surface area contributed by atoms with Crippen molar-refractivity contribution in [2.45, 2.75) is 12.8 Å². The van der Waals surface area contributed by atoms with E-state index >= 15 is 0 Å². The van der Waals surface area contributed by atoms with E-state index in [0.29, 0.717) is 11.7 Å². The Morgan fingerprint density at radius 1 is 1.24 bits per heavy atom. The average Bonchev–Trinajstić information content (AvgIpc) is 2.54. The van der Waals surface area contributed by atoms with Crippen molar-refractivity contribution in [3.63, 3.8) is 0 Å². The molecule has 21 heavy (non-hydrogen) atoms. The van der Waals surface area contributed by atoms with E-state index in [1.54, 1.807) is 6.20 Å². The summed E-state index contributed by atoms with van der Waals surface area (Å²) in [4.78, 5) is 8.65. The van der Waals surface area contributed by atoms with Crippen molar-refractivity contribution >= 4 is 11.6 Å². The van der Waals surface area contributed by atoms with Crippen molar-refractivity contribution in [3.8, 4) is 11.3 Å². The molecular formula is C16H20N4O. The molecular weight excluding hydrogens is 264 g/mol. The molecule has 0 saturated carbocycles. The fourth-order valence-electron chi connectivity index (χ4n) is 2.50. The Labute approximate surface area is 124 Å². The summed E-state index contributed by atoms with van der Waals surface area (Å²) in [6, 6.07) is 9.73. The Kier molecular flexibility index (Phi) is 4.31. The minimum Gasteiger partial charge on any atom is -0.384 e. The first kappa shape index (κ1) is 13.8. The molecule has 2 aromatic heterocycles. The van der Waals surface area contributed by atoms with Crippen molar-refractivity contribution < 1.29 is 4.74 Å². The van der Waals surface area contributed by atoms with Gasteiger partial charge >= 0.3 is 0 Å². The number of nitrogen functional groups attached to an aromatic ring is 1. The fraction of sp³-hybridized carbons (Fsp3) is 0.375. The number of anilines is 2. The van der Waals surface area contributed by atoms with Crippen LogP contribution in [0.2, 0.25) is 0 Å². The molecule has 2 aromatic rings. The minimum absolute atomic E-state index is 0.509. The lowest BCUT2D eigenvalue weighted by Gasteiger charge is -2.22. The first-order valence-corrected chi connectivity index (χ1v) is 7.32. The number of hydrogen-bond donors (Lipinski definition) is 2. The maximum atomic E-state index is 5.72. The Morgan fingerprint density at radius 3 is 2.90 bits per heavy atom. The quantitative estimate of drug-likeness (QED) is 0.902. The molecule has 3 heterocycles. The largest absolute Gasteiger partial charge is 0.384 e. The summed E-state index contributed by atoms with van der Waals surface area (Å²) < 4.78 is 5.38. The van der Waals surface area contributed by atoms with Crippen LogP contribution in [-0.2, 0) is 4.74 Å². The predicted molar refractivity (Wildman–Crippen MR) is 83.9 cm³/mol. The third-order valence-corrected chi connectivity index (χ3v) is 3.74. The van der Waals surface area contributed by atoms with E-state index in [0.717, 1.165) is 49.7 Å². The summed E-state index contributed by atoms with van der Waals surface area (Å²) >= 11 is 0. The average molecular weight is 284 g/mol. The van der Waals surface area contributed by atoms with Gasteiger partial charge in [0.25, 0.3) is 0 Å². The Morgan fingerprint density at radius 2 is 2.10 bits per heavy atom. The van der Waals surface area contributed by atoms with Crippen LogP contribution in [0.3, 0.4) is 0 Å². The van der Waals surface area contributed by atoms with Gasteiger partial charge in [-0.1, -0.05) is 6.07 Å². The molecule has 110 valence electrons. The highest BCUT2D eigenvalue weighted by atomic mass is 16.5. The van der Waals surface area contributed by atoms with Gasteiger partial charge in [0.2, 0.25) is 0 Å². The molecule has 1 aliphatic rings. The first-order chi connectivity index (χ1) is 10.3. The van der Waals surface area contributed by atoms with Gasteiger partial charge in [-0.2, -0.15) is 0 Å². The van der Waals surface area contributed by atoms with Gasteiger partial charge < -0.3 is 15.8 Å². The smallest absolute Gasteiger partial charge is 0.126 e. The maximum absolute atomic E-state index is 5.72. The van der Waals surface area contributed by atoms with Crippen LogP contribution in [0.1, 0.15) is 12.8 Å². The van der Waals surface area contributed by atoms with E-state index < -0.39 is 0 Å². The van der Waals surface area contributed by atoms with Gasteiger partial charge in [0.15, 0.2) is 0 Å². The number of aromatic nitrogens is 2. The van der Waals surface area contributed by atoms with Crippen molar-refractivity contribution in [2.24, 2.45) is 5.92 Å². The van der Waals surface area contributed by atoms with Gasteiger partial charge in [-0.15, -0.1) is 0 Å². The number of hydrogen-bond acceptors (Lipinski definition) is 5. The highest BCUT2D eigenvalue weighted by Gasteiger charge is 2.13. The molecule has 1 saturated heterocycles. The fourth-order valence-corrected chi connectivity index (χ4v) is 2.50. The van der Waals surface area contributed by atoms with Crippen LogP contribution >= 0.6 is 0 Å². The zero-order valence-corrected chi connectivity index (χ0v) is 12.0. The van der Waals surface area contributed by atoms with Crippen molar-refractivity contribution in [3.05, 3.63) is 36.5 Å². The van der Waals surface area contributed by atoms with Crippen LogP contribution in [0.4, 0.5) is 11.6 Å². The SMILES string of the molecule is Nc1cc(-c2cccc(NCC3CCOCC3)n2)ccn1. The lowest BCUT2D eigenvalue weighted by Crippen LogP contribution is -2.22. The van der Waals surface area contributed by atoms with Gasteiger partial charge in [0.05, 0.1) is 5.69 Å². The summed E-state index contributed by atoms with van der Waals surface area (Å²) in [7, 11) is 0. The van der Waals surface area contributed by atoms with E-state index in [1.807, 2.05) is 30.3 Å². The molecule has 1 fully saturated rings. The molecule has 0 atom stereocenters. The second-order valence-corrected chi connectivity index (χ2v) is 5.31. The summed E-state index contributed by atoms with van der Waals surface area (Å²) in [5, 5.41) is 3.43. The number of ether oxygens (including phenoxy) is 1. The van der Waals surface area contributed by atoms with Gasteiger partial charge in [0.1, 0.15) is 11.6 Å². The summed E-state index contributed by atoms with van der Waals surface area (Å²) in [5.41, 5.74) is 7.61. The van der Waals surface area contributed by atoms with Gasteiger partial charge in [0, 0.05) is 31.5 Å². The van der Waals surface area contributed by atoms with Gasteiger partial charge in [-0.3, -0.25) is 0 Å². The van der Waals surface area contributed by atoms with E-state index in [9.17, 15) is 0 Å². The molecule has 1 aliphatic heterocycles. The van der Waals surface area contributed by atoms with Crippen LogP contribution in [0.5, 0.6) is 0 Å². The topological polar surface area (TPSA) is 73.1 Å². The van der Waals surface area contributed by atoms with Crippen LogP contribution < -0.4 is 11.1 Å². The second kappa shape index (κ2) is 6.54. The van der Waals surface area contributed by atoms with E-state index in [-0.39, 0.29) is 0 Å². The van der Waals surface area contributed by atoms with Crippen molar-refractivity contribution in [1.82, 2.24) is 9.97 Å². The summed E-state index contributed by atoms with van der Waals surface area (Å²) in [6.45, 7) is 2.69. The molecule has 0 aromatic carbocycles. The molecule has 0 radical (unpaired) electrons. The van der Waals surface area contributed by atoms with Gasteiger partial charge in [-0.05, 0) is 43.0 Å². The highest BCUT2D eigenvalue weighted by Crippen LogP contribution is 2.20. The number of nitrogens with one attached hydrogen (secondary N) is 1. The molecule has 0 unspecified atom stereocenters. The van der Waals surface area contributed by atoms with Crippen LogP contribution in [0, 0.1) is 5.92 Å². The first-order valence-electron chi connectivity index (χ1n) is 7.32. The zero-order chi connectivity index (χ0) is 14.5. The molecule has 0 aliphatic carbocycles. The molecule has 3 rings (SSSR count). The van der Waals surface area contributed by atoms with E-state index in [1.165, 1.54) is 0 Å². The number of pyridine rings is 2. The maximum Gasteiger partial charge on any atom is 0.126 e. The van der Waals surface area contributed by atoms with Crippen molar-refractivity contribution in [2.75, 3.05) is 30.8 Å². The molecule has 0 bridgehead atoms. The van der Waals surface area contributed by atoms with Crippen LogP contribution in [0.15, 0.2) is 36.5 Å². The van der Waals surface area contributed by atoms with Crippen molar-refractivity contribution in [1.29, 1.82) is 0 Å². The second-order valence-electron chi connectivity index (χ2n) is 5.31. The lowest BCUT2D eigenvalue weighted by atomic mass is 10.0. The molecule has 5 heteroatoms. The minimum atomic E-state index is 0.509. The molecule has 0 amide bonds. The number of nitrogens with two attached hydrogens (primary N) is 1. The van der Waals surface area contributed by atoms with Crippen LogP contribution in [-0.4, -0.2) is 29.7 Å². The van der Waals surface area contributed by atoms with Crippen LogP contribution in [0.25, 0.3) is 11.3 Å². The normalized spacial score (nSPS) is 15.8. The van der Waals surface area contributed by atoms with E-state index in [4.69, 9.17) is 10.5 Å². The molecule has 0 spiro atoms. The molecule has 3 N–H and O–H groups in total. The van der Waals surface area contributed by atoms with E-state index in [2.05, 4.69) is 15.3 Å². The Balaban J connectivity index is 1.68. The Bertz CT molecular complexity index is 596. The predicted octanol–water partition coefficient (Wildman–Crippen LogP) is 2.56. The lowest BCUT2D eigenvalue weighted by molar-refractivity contribution is 0.0699. The third kappa shape index (κ3) is 3.70. The number of nitrogens with zero attached hydrogens (tertiary/aromatic N) is 2. The standard InChI is InChI=1S/C16H20N4O/c17-15-10-13(4-7-18-15)14-2-1-3-16(20-14)19-11-12-5-8-21-9-6-12/h1-4,7,10,12H,5-6,8-9,11H2,(H2,17,18)(H,19,20). The highest BCUT2D eigenvalue weighted by molar-refractivity contribution is 5.63. The zero-order valence-electron chi connectivity index (χ0n) is 12.0. The third-order valence-electron chi connectivity index (χ3n) is 3.74. The Hall–Kier alpha value is -2.14. The molecule has 5 nitrogen and oxygen atoms in total.